The summed E-state index contributed by atoms with van der Waals surface area (Å²) in [6.45, 7) is 0.308. The number of sulfonamides is 1. The highest BCUT2D eigenvalue weighted by Crippen LogP contribution is 2.26. The highest BCUT2D eigenvalue weighted by Gasteiger charge is 2.30. The van der Waals surface area contributed by atoms with Gasteiger partial charge in [0.15, 0.2) is 0 Å². The molecule has 9 heteroatoms. The number of hydrogen-bond acceptors (Lipinski definition) is 5. The molecule has 0 saturated carbocycles. The zero-order chi connectivity index (χ0) is 15.6. The Morgan fingerprint density at radius 3 is 2.81 bits per heavy atom. The van der Waals surface area contributed by atoms with Gasteiger partial charge in [-0.25, -0.2) is 17.9 Å². The number of amides is 1. The molecule has 21 heavy (non-hydrogen) atoms. The fourth-order valence-corrected chi connectivity index (χ4v) is 3.39. The zero-order valence-electron chi connectivity index (χ0n) is 11.5. The molecule has 1 atom stereocenters. The molecule has 1 aliphatic rings. The molecule has 1 amide bonds. The zero-order valence-corrected chi connectivity index (χ0v) is 13.1. The monoisotopic (exact) mass is 334 g/mol. The number of ether oxygens (including phenoxy) is 2. The van der Waals surface area contributed by atoms with Crippen molar-refractivity contribution < 1.29 is 22.7 Å². The molecule has 0 aromatic heterocycles. The van der Waals surface area contributed by atoms with Crippen LogP contribution in [0.2, 0.25) is 5.02 Å². The van der Waals surface area contributed by atoms with Gasteiger partial charge in [0.2, 0.25) is 10.0 Å². The van der Waals surface area contributed by atoms with Crippen LogP contribution in [0.1, 0.15) is 0 Å². The summed E-state index contributed by atoms with van der Waals surface area (Å²) < 4.78 is 37.0. The third-order valence-electron chi connectivity index (χ3n) is 2.97. The van der Waals surface area contributed by atoms with Crippen LogP contribution in [0, 0.1) is 0 Å². The Kier molecular flexibility index (Phi) is 4.60. The van der Waals surface area contributed by atoms with E-state index in [0.29, 0.717) is 6.54 Å². The topological polar surface area (TPSA) is 84.9 Å². The quantitative estimate of drug-likeness (QED) is 0.871. The molecule has 2 rings (SSSR count). The van der Waals surface area contributed by atoms with E-state index in [0.717, 1.165) is 0 Å². The van der Waals surface area contributed by atoms with E-state index in [1.54, 1.807) is 7.05 Å². The van der Waals surface area contributed by atoms with E-state index in [1.807, 2.05) is 0 Å². The van der Waals surface area contributed by atoms with Crippen LogP contribution >= 0.6 is 11.6 Å². The van der Waals surface area contributed by atoms with Crippen LogP contribution in [-0.4, -0.2) is 52.8 Å². The summed E-state index contributed by atoms with van der Waals surface area (Å²) in [5.41, 5.74) is 0. The summed E-state index contributed by atoms with van der Waals surface area (Å²) in [7, 11) is -0.866. The van der Waals surface area contributed by atoms with Crippen molar-refractivity contribution in [2.24, 2.45) is 0 Å². The van der Waals surface area contributed by atoms with E-state index in [9.17, 15) is 13.2 Å². The van der Waals surface area contributed by atoms with Crippen LogP contribution in [0.4, 0.5) is 4.79 Å². The van der Waals surface area contributed by atoms with E-state index in [2.05, 4.69) is 4.72 Å². The third kappa shape index (κ3) is 3.58. The molecule has 1 aromatic rings. The first kappa shape index (κ1) is 15.9. The molecule has 1 N–H and O–H groups in total. The van der Waals surface area contributed by atoms with Crippen molar-refractivity contribution in [2.75, 3.05) is 27.2 Å². The first-order chi connectivity index (χ1) is 9.83. The summed E-state index contributed by atoms with van der Waals surface area (Å²) in [5.74, 6) is 0.187. The lowest BCUT2D eigenvalue weighted by atomic mass is 10.3. The van der Waals surface area contributed by atoms with Gasteiger partial charge in [-0.1, -0.05) is 11.6 Å². The van der Waals surface area contributed by atoms with Crippen LogP contribution in [-0.2, 0) is 14.8 Å². The maximum absolute atomic E-state index is 12.3. The van der Waals surface area contributed by atoms with Gasteiger partial charge >= 0.3 is 6.09 Å². The lowest BCUT2D eigenvalue weighted by molar-refractivity contribution is 0.135. The second-order valence-corrected chi connectivity index (χ2v) is 6.71. The maximum Gasteiger partial charge on any atom is 0.410 e. The van der Waals surface area contributed by atoms with Crippen molar-refractivity contribution >= 4 is 27.7 Å². The lowest BCUT2D eigenvalue weighted by Gasteiger charge is -2.13. The minimum absolute atomic E-state index is 0.0198. The molecule has 0 aliphatic carbocycles. The number of rotatable bonds is 5. The molecule has 0 radical (unpaired) electrons. The standard InChI is InChI=1S/C12H15ClN2O5S/c1-15-7-9(20-12(15)16)6-14-21(17,18)11-5-8(13)3-4-10(11)19-2/h3-5,9,14H,6-7H2,1-2H3. The minimum Gasteiger partial charge on any atom is -0.495 e. The number of nitrogens with zero attached hydrogens (tertiary/aromatic N) is 1. The molecular formula is C12H15ClN2O5S. The van der Waals surface area contributed by atoms with Crippen LogP contribution in [0.15, 0.2) is 23.1 Å². The highest BCUT2D eigenvalue weighted by atomic mass is 35.5. The molecule has 1 saturated heterocycles. The number of likely N-dealkylation sites (N-methyl/N-ethyl adjacent to an activating group) is 1. The molecule has 1 aliphatic heterocycles. The normalized spacial score (nSPS) is 18.7. The highest BCUT2D eigenvalue weighted by molar-refractivity contribution is 7.89. The van der Waals surface area contributed by atoms with Crippen molar-refractivity contribution in [3.8, 4) is 5.75 Å². The first-order valence-corrected chi connectivity index (χ1v) is 7.94. The second-order valence-electron chi connectivity index (χ2n) is 4.53. The van der Waals surface area contributed by atoms with E-state index in [1.165, 1.54) is 30.2 Å². The van der Waals surface area contributed by atoms with E-state index in [4.69, 9.17) is 21.1 Å². The SMILES string of the molecule is COc1ccc(Cl)cc1S(=O)(=O)NCC1CN(C)C(=O)O1. The molecule has 7 nitrogen and oxygen atoms in total. The molecule has 1 unspecified atom stereocenters. The number of benzene rings is 1. The van der Waals surface area contributed by atoms with Crippen molar-refractivity contribution in [3.05, 3.63) is 23.2 Å². The number of nitrogens with one attached hydrogen (secondary N) is 1. The Balaban J connectivity index is 2.12. The lowest BCUT2D eigenvalue weighted by Crippen LogP contribution is -2.34. The molecule has 1 aromatic carbocycles. The number of cyclic esters (lactones) is 1. The smallest absolute Gasteiger partial charge is 0.410 e. The van der Waals surface area contributed by atoms with Gasteiger partial charge in [-0.3, -0.25) is 0 Å². The molecular weight excluding hydrogens is 320 g/mol. The van der Waals surface area contributed by atoms with Gasteiger partial charge in [0, 0.05) is 18.6 Å². The van der Waals surface area contributed by atoms with Gasteiger partial charge < -0.3 is 14.4 Å². The van der Waals surface area contributed by atoms with Gasteiger partial charge in [-0.15, -0.1) is 0 Å². The minimum atomic E-state index is -3.82. The van der Waals surface area contributed by atoms with E-state index in [-0.39, 0.29) is 22.2 Å². The van der Waals surface area contributed by atoms with Crippen LogP contribution in [0.5, 0.6) is 5.75 Å². The largest absolute Gasteiger partial charge is 0.495 e. The number of carbonyl (C=O) groups excluding carboxylic acids is 1. The Morgan fingerprint density at radius 1 is 1.52 bits per heavy atom. The Hall–Kier alpha value is -1.51. The summed E-state index contributed by atoms with van der Waals surface area (Å²) >= 11 is 5.82. The molecule has 0 spiro atoms. The van der Waals surface area contributed by atoms with Gasteiger partial charge in [-0.05, 0) is 18.2 Å². The maximum atomic E-state index is 12.3. The van der Waals surface area contributed by atoms with E-state index >= 15 is 0 Å². The predicted molar refractivity (Wildman–Crippen MR) is 76.1 cm³/mol. The van der Waals surface area contributed by atoms with Gasteiger partial charge in [0.25, 0.3) is 0 Å². The second kappa shape index (κ2) is 6.08. The predicted octanol–water partition coefficient (Wildman–Crippen LogP) is 1.08. The summed E-state index contributed by atoms with van der Waals surface area (Å²) in [6.07, 6.45) is -0.998. The number of halogens is 1. The van der Waals surface area contributed by atoms with Crippen molar-refractivity contribution in [1.29, 1.82) is 0 Å². The summed E-state index contributed by atoms with van der Waals surface area (Å²) in [5, 5.41) is 0.281. The van der Waals surface area contributed by atoms with Crippen LogP contribution in [0.25, 0.3) is 0 Å². The van der Waals surface area contributed by atoms with Gasteiger partial charge in [0.05, 0.1) is 13.7 Å². The number of carbonyl (C=O) groups is 1. The first-order valence-electron chi connectivity index (χ1n) is 6.08. The Labute approximate surface area is 127 Å². The van der Waals surface area contributed by atoms with Crippen molar-refractivity contribution in [2.45, 2.75) is 11.0 Å². The molecule has 1 fully saturated rings. The number of methoxy groups -OCH3 is 1. The van der Waals surface area contributed by atoms with Crippen LogP contribution in [0.3, 0.4) is 0 Å². The molecule has 0 bridgehead atoms. The molecule has 1 heterocycles. The summed E-state index contributed by atoms with van der Waals surface area (Å²) in [6, 6.07) is 4.31. The van der Waals surface area contributed by atoms with Gasteiger partial charge in [0.1, 0.15) is 16.7 Å². The van der Waals surface area contributed by atoms with Gasteiger partial charge in [-0.2, -0.15) is 0 Å². The van der Waals surface area contributed by atoms with Crippen LogP contribution < -0.4 is 9.46 Å². The summed E-state index contributed by atoms with van der Waals surface area (Å²) in [4.78, 5) is 12.5. The third-order valence-corrected chi connectivity index (χ3v) is 4.65. The van der Waals surface area contributed by atoms with Crippen molar-refractivity contribution in [3.63, 3.8) is 0 Å². The Bertz CT molecular complexity index is 649. The van der Waals surface area contributed by atoms with E-state index < -0.39 is 22.2 Å². The van der Waals surface area contributed by atoms with Crippen molar-refractivity contribution in [1.82, 2.24) is 9.62 Å². The molecule has 116 valence electrons. The number of hydrogen-bond donors (Lipinski definition) is 1. The average Bonchev–Trinajstić information content (AvgIpc) is 2.76. The fourth-order valence-electron chi connectivity index (χ4n) is 1.90. The Morgan fingerprint density at radius 2 is 2.24 bits per heavy atom. The fraction of sp³-hybridized carbons (Fsp3) is 0.417. The average molecular weight is 335 g/mol.